The lowest BCUT2D eigenvalue weighted by atomic mass is 10.0. The molecule has 4 rings (SSSR count). The third-order valence-corrected chi connectivity index (χ3v) is 5.54. The minimum atomic E-state index is 0.575. The summed E-state index contributed by atoms with van der Waals surface area (Å²) in [7, 11) is 0. The van der Waals surface area contributed by atoms with Crippen molar-refractivity contribution >= 4 is 23.1 Å². The first kappa shape index (κ1) is 13.4. The Morgan fingerprint density at radius 2 is 1.95 bits per heavy atom. The fourth-order valence-corrected chi connectivity index (χ4v) is 4.36. The molecule has 2 aliphatic rings. The summed E-state index contributed by atoms with van der Waals surface area (Å²) in [6.07, 6.45) is 4.61. The van der Waals surface area contributed by atoms with E-state index in [1.165, 1.54) is 30.0 Å². The molecule has 1 N–H and O–H groups in total. The highest BCUT2D eigenvalue weighted by Gasteiger charge is 2.21. The second-order valence-corrected chi connectivity index (χ2v) is 7.02. The zero-order chi connectivity index (χ0) is 14.1. The molecule has 0 atom stereocenters. The van der Waals surface area contributed by atoms with Crippen LogP contribution >= 0.6 is 11.8 Å². The maximum atomic E-state index is 4.48. The molecule has 0 amide bonds. The highest BCUT2D eigenvalue weighted by atomic mass is 32.2. The van der Waals surface area contributed by atoms with Gasteiger partial charge in [0, 0.05) is 50.0 Å². The molecule has 2 aromatic heterocycles. The maximum Gasteiger partial charge on any atom is 0.162 e. The molecule has 2 aliphatic heterocycles. The van der Waals surface area contributed by atoms with Crippen LogP contribution in [0.5, 0.6) is 0 Å². The van der Waals surface area contributed by atoms with E-state index < -0.39 is 0 Å². The molecule has 0 saturated carbocycles. The molecule has 112 valence electrons. The Kier molecular flexibility index (Phi) is 3.73. The average molecular weight is 303 g/mol. The number of nitrogens with one attached hydrogen (secondary N) is 1. The summed E-state index contributed by atoms with van der Waals surface area (Å²) in [4.78, 5) is 2.42. The highest BCUT2D eigenvalue weighted by Crippen LogP contribution is 2.31. The largest absolute Gasteiger partial charge is 0.369 e. The SMILES string of the molecule is c1cn2c(C3CCSCC3)nnc2cc1N1CCNCC1. The molecular formula is C15H21N5S. The first-order valence-electron chi connectivity index (χ1n) is 7.80. The predicted molar refractivity (Wildman–Crippen MR) is 87.4 cm³/mol. The Hall–Kier alpha value is -1.27. The number of rotatable bonds is 2. The van der Waals surface area contributed by atoms with E-state index in [1.54, 1.807) is 0 Å². The van der Waals surface area contributed by atoms with E-state index in [-0.39, 0.29) is 0 Å². The van der Waals surface area contributed by atoms with Crippen LogP contribution in [-0.4, -0.2) is 52.3 Å². The lowest BCUT2D eigenvalue weighted by molar-refractivity contribution is 0.587. The summed E-state index contributed by atoms with van der Waals surface area (Å²) in [5.41, 5.74) is 2.25. The molecule has 6 heteroatoms. The van der Waals surface area contributed by atoms with Gasteiger partial charge in [-0.2, -0.15) is 11.8 Å². The van der Waals surface area contributed by atoms with Crippen LogP contribution in [0.1, 0.15) is 24.6 Å². The van der Waals surface area contributed by atoms with Crippen LogP contribution in [0, 0.1) is 0 Å². The summed E-state index contributed by atoms with van der Waals surface area (Å²) in [5, 5.41) is 12.3. The number of thioether (sulfide) groups is 1. The van der Waals surface area contributed by atoms with Crippen molar-refractivity contribution in [2.24, 2.45) is 0 Å². The van der Waals surface area contributed by atoms with E-state index in [2.05, 4.69) is 54.9 Å². The number of nitrogens with zero attached hydrogens (tertiary/aromatic N) is 4. The fraction of sp³-hybridized carbons (Fsp3) is 0.600. The smallest absolute Gasteiger partial charge is 0.162 e. The Morgan fingerprint density at radius 3 is 2.76 bits per heavy atom. The van der Waals surface area contributed by atoms with Crippen LogP contribution < -0.4 is 10.2 Å². The number of piperazine rings is 1. The quantitative estimate of drug-likeness (QED) is 0.916. The molecule has 0 radical (unpaired) electrons. The van der Waals surface area contributed by atoms with Crippen molar-refractivity contribution in [1.29, 1.82) is 0 Å². The van der Waals surface area contributed by atoms with Gasteiger partial charge in [0.2, 0.25) is 0 Å². The number of aromatic nitrogens is 3. The predicted octanol–water partition coefficient (Wildman–Crippen LogP) is 1.75. The molecule has 0 unspecified atom stereocenters. The molecule has 2 saturated heterocycles. The zero-order valence-electron chi connectivity index (χ0n) is 12.2. The van der Waals surface area contributed by atoms with E-state index in [1.807, 2.05) is 0 Å². The van der Waals surface area contributed by atoms with Gasteiger partial charge >= 0.3 is 0 Å². The van der Waals surface area contributed by atoms with E-state index in [0.29, 0.717) is 5.92 Å². The normalized spacial score (nSPS) is 21.0. The number of anilines is 1. The van der Waals surface area contributed by atoms with Crippen molar-refractivity contribution < 1.29 is 0 Å². The van der Waals surface area contributed by atoms with Gasteiger partial charge in [-0.15, -0.1) is 10.2 Å². The van der Waals surface area contributed by atoms with Gasteiger partial charge < -0.3 is 10.2 Å². The van der Waals surface area contributed by atoms with Gasteiger partial charge in [-0.3, -0.25) is 4.40 Å². The highest BCUT2D eigenvalue weighted by molar-refractivity contribution is 7.99. The molecular weight excluding hydrogens is 282 g/mol. The van der Waals surface area contributed by atoms with Gasteiger partial charge in [0.05, 0.1) is 0 Å². The van der Waals surface area contributed by atoms with Crippen molar-refractivity contribution in [3.63, 3.8) is 0 Å². The fourth-order valence-electron chi connectivity index (χ4n) is 3.25. The molecule has 0 aliphatic carbocycles. The van der Waals surface area contributed by atoms with Crippen LogP contribution in [-0.2, 0) is 0 Å². The van der Waals surface area contributed by atoms with Crippen molar-refractivity contribution in [3.8, 4) is 0 Å². The van der Waals surface area contributed by atoms with E-state index in [4.69, 9.17) is 0 Å². The molecule has 0 spiro atoms. The minimum Gasteiger partial charge on any atom is -0.369 e. The number of hydrogen-bond acceptors (Lipinski definition) is 5. The van der Waals surface area contributed by atoms with Crippen LogP contribution in [0.25, 0.3) is 5.65 Å². The topological polar surface area (TPSA) is 45.5 Å². The van der Waals surface area contributed by atoms with Crippen molar-refractivity contribution in [1.82, 2.24) is 19.9 Å². The molecule has 0 aromatic carbocycles. The maximum absolute atomic E-state index is 4.48. The van der Waals surface area contributed by atoms with E-state index >= 15 is 0 Å². The van der Waals surface area contributed by atoms with Gasteiger partial charge in [-0.1, -0.05) is 0 Å². The third-order valence-electron chi connectivity index (χ3n) is 4.49. The first-order valence-corrected chi connectivity index (χ1v) is 8.95. The summed E-state index contributed by atoms with van der Waals surface area (Å²) in [6, 6.07) is 4.39. The standard InChI is InChI=1S/C15H21N5S/c1-6-20-14(11-13(1)19-7-4-16-5-8-19)17-18-15(20)12-2-9-21-10-3-12/h1,6,11-12,16H,2-5,7-10H2. The van der Waals surface area contributed by atoms with Crippen LogP contribution in [0.4, 0.5) is 5.69 Å². The zero-order valence-corrected chi connectivity index (χ0v) is 13.0. The van der Waals surface area contributed by atoms with E-state index in [0.717, 1.165) is 37.7 Å². The Labute approximate surface area is 129 Å². The second kappa shape index (κ2) is 5.85. The molecule has 2 aromatic rings. The summed E-state index contributed by atoms with van der Waals surface area (Å²) < 4.78 is 2.19. The van der Waals surface area contributed by atoms with E-state index in [9.17, 15) is 0 Å². The summed E-state index contributed by atoms with van der Waals surface area (Å²) in [5.74, 6) is 4.22. The molecule has 2 fully saturated rings. The van der Waals surface area contributed by atoms with Gasteiger partial charge in [-0.05, 0) is 30.4 Å². The summed E-state index contributed by atoms with van der Waals surface area (Å²) >= 11 is 2.05. The Bertz CT molecular complexity index is 614. The van der Waals surface area contributed by atoms with Gasteiger partial charge in [0.15, 0.2) is 5.65 Å². The van der Waals surface area contributed by atoms with Crippen LogP contribution in [0.2, 0.25) is 0 Å². The molecule has 4 heterocycles. The monoisotopic (exact) mass is 303 g/mol. The van der Waals surface area contributed by atoms with Gasteiger partial charge in [-0.25, -0.2) is 0 Å². The Balaban J connectivity index is 1.63. The summed E-state index contributed by atoms with van der Waals surface area (Å²) in [6.45, 7) is 4.25. The first-order chi connectivity index (χ1) is 10.4. The molecule has 21 heavy (non-hydrogen) atoms. The van der Waals surface area contributed by atoms with Gasteiger partial charge in [0.25, 0.3) is 0 Å². The molecule has 5 nitrogen and oxygen atoms in total. The van der Waals surface area contributed by atoms with Crippen LogP contribution in [0.15, 0.2) is 18.3 Å². The number of fused-ring (bicyclic) bond motifs is 1. The lowest BCUT2D eigenvalue weighted by Crippen LogP contribution is -2.43. The number of hydrogen-bond donors (Lipinski definition) is 1. The van der Waals surface area contributed by atoms with Crippen molar-refractivity contribution in [3.05, 3.63) is 24.2 Å². The average Bonchev–Trinajstić information content (AvgIpc) is 2.99. The van der Waals surface area contributed by atoms with Crippen molar-refractivity contribution in [2.75, 3.05) is 42.6 Å². The van der Waals surface area contributed by atoms with Crippen LogP contribution in [0.3, 0.4) is 0 Å². The minimum absolute atomic E-state index is 0.575. The Morgan fingerprint density at radius 1 is 1.14 bits per heavy atom. The third kappa shape index (κ3) is 2.62. The number of pyridine rings is 1. The van der Waals surface area contributed by atoms with Gasteiger partial charge in [0.1, 0.15) is 5.82 Å². The second-order valence-electron chi connectivity index (χ2n) is 5.80. The molecule has 0 bridgehead atoms. The lowest BCUT2D eigenvalue weighted by Gasteiger charge is -2.29. The van der Waals surface area contributed by atoms with Crippen molar-refractivity contribution in [2.45, 2.75) is 18.8 Å².